The summed E-state index contributed by atoms with van der Waals surface area (Å²) in [6, 6.07) is 0. The Hall–Kier alpha value is -0.500. The first-order chi connectivity index (χ1) is 7.91. The maximum Gasteiger partial charge on any atom is 0.422 e. The van der Waals surface area contributed by atoms with Gasteiger partial charge in [0.2, 0.25) is 0 Å². The minimum absolute atomic E-state index is 0.0418. The zero-order chi connectivity index (χ0) is 14.6. The Kier molecular flexibility index (Phi) is 6.42. The Balaban J connectivity index is 4.71. The van der Waals surface area contributed by atoms with Crippen LogP contribution in [0.25, 0.3) is 0 Å². The SMILES string of the molecule is C/C(OCC(F)(F)F)=C(Br)\C=C(/C)CS(C)(=O)=O. The summed E-state index contributed by atoms with van der Waals surface area (Å²) in [4.78, 5) is 0. The summed E-state index contributed by atoms with van der Waals surface area (Å²) >= 11 is 3.04. The van der Waals surface area contributed by atoms with Crippen LogP contribution in [0.5, 0.6) is 0 Å². The minimum Gasteiger partial charge on any atom is -0.488 e. The standard InChI is InChI=1S/C10H14BrF3O3S/c1-7(5-18(3,15)16)4-9(11)8(2)17-6-10(12,13)14/h4H,5-6H2,1-3H3/b7-4+,9-8-. The summed E-state index contributed by atoms with van der Waals surface area (Å²) < 4.78 is 62.5. The molecule has 0 rings (SSSR count). The summed E-state index contributed by atoms with van der Waals surface area (Å²) in [7, 11) is -3.16. The lowest BCUT2D eigenvalue weighted by molar-refractivity contribution is -0.164. The van der Waals surface area contributed by atoms with Crippen molar-refractivity contribution in [1.29, 1.82) is 0 Å². The van der Waals surface area contributed by atoms with E-state index in [1.54, 1.807) is 6.92 Å². The summed E-state index contributed by atoms with van der Waals surface area (Å²) in [5, 5.41) is 0. The molecule has 3 nitrogen and oxygen atoms in total. The van der Waals surface area contributed by atoms with Crippen molar-refractivity contribution in [3.63, 3.8) is 0 Å². The Morgan fingerprint density at radius 1 is 1.33 bits per heavy atom. The van der Waals surface area contributed by atoms with Gasteiger partial charge in [-0.3, -0.25) is 0 Å². The van der Waals surface area contributed by atoms with Crippen LogP contribution in [-0.4, -0.2) is 33.2 Å². The molecular weight excluding hydrogens is 337 g/mol. The third-order valence-electron chi connectivity index (χ3n) is 1.65. The van der Waals surface area contributed by atoms with Crippen molar-refractivity contribution < 1.29 is 26.3 Å². The molecule has 0 aliphatic carbocycles. The predicted molar refractivity (Wildman–Crippen MR) is 67.1 cm³/mol. The van der Waals surface area contributed by atoms with Gasteiger partial charge in [0.25, 0.3) is 0 Å². The van der Waals surface area contributed by atoms with Crippen LogP contribution in [-0.2, 0) is 14.6 Å². The Morgan fingerprint density at radius 3 is 2.22 bits per heavy atom. The van der Waals surface area contributed by atoms with E-state index in [-0.39, 0.29) is 16.0 Å². The lowest BCUT2D eigenvalue weighted by Crippen LogP contribution is -2.16. The van der Waals surface area contributed by atoms with Crippen molar-refractivity contribution in [1.82, 2.24) is 0 Å². The first-order valence-electron chi connectivity index (χ1n) is 4.81. The molecule has 0 aliphatic heterocycles. The second-order valence-electron chi connectivity index (χ2n) is 3.87. The molecule has 0 heterocycles. The second kappa shape index (κ2) is 6.60. The largest absolute Gasteiger partial charge is 0.488 e. The lowest BCUT2D eigenvalue weighted by atomic mass is 10.3. The molecule has 0 atom stereocenters. The van der Waals surface area contributed by atoms with Crippen molar-refractivity contribution in [2.24, 2.45) is 0 Å². The van der Waals surface area contributed by atoms with Gasteiger partial charge in [0, 0.05) is 6.26 Å². The van der Waals surface area contributed by atoms with Gasteiger partial charge < -0.3 is 4.74 Å². The molecule has 0 aromatic heterocycles. The van der Waals surface area contributed by atoms with E-state index in [4.69, 9.17) is 0 Å². The third kappa shape index (κ3) is 9.52. The third-order valence-corrected chi connectivity index (χ3v) is 3.42. The molecule has 0 aliphatic rings. The zero-order valence-corrected chi connectivity index (χ0v) is 12.5. The molecule has 106 valence electrons. The van der Waals surface area contributed by atoms with Crippen molar-refractivity contribution in [2.75, 3.05) is 18.6 Å². The van der Waals surface area contributed by atoms with Gasteiger partial charge >= 0.3 is 6.18 Å². The Morgan fingerprint density at radius 2 is 1.83 bits per heavy atom. The van der Waals surface area contributed by atoms with Gasteiger partial charge in [-0.1, -0.05) is 5.57 Å². The highest BCUT2D eigenvalue weighted by molar-refractivity contribution is 9.11. The monoisotopic (exact) mass is 350 g/mol. The molecule has 8 heteroatoms. The number of rotatable bonds is 5. The topological polar surface area (TPSA) is 43.4 Å². The number of alkyl halides is 3. The van der Waals surface area contributed by atoms with E-state index in [1.165, 1.54) is 13.0 Å². The Bertz CT molecular complexity index is 449. The van der Waals surface area contributed by atoms with Crippen LogP contribution in [0.1, 0.15) is 13.8 Å². The maximum absolute atomic E-state index is 11.9. The zero-order valence-electron chi connectivity index (χ0n) is 10.1. The van der Waals surface area contributed by atoms with E-state index in [2.05, 4.69) is 20.7 Å². The van der Waals surface area contributed by atoms with E-state index in [0.717, 1.165) is 6.26 Å². The van der Waals surface area contributed by atoms with Crippen LogP contribution in [0.4, 0.5) is 13.2 Å². The molecule has 0 radical (unpaired) electrons. The smallest absolute Gasteiger partial charge is 0.422 e. The van der Waals surface area contributed by atoms with Crippen molar-refractivity contribution in [2.45, 2.75) is 20.0 Å². The van der Waals surface area contributed by atoms with Crippen LogP contribution in [0, 0.1) is 0 Å². The first kappa shape index (κ1) is 17.5. The normalized spacial score (nSPS) is 15.4. The number of ether oxygens (including phenoxy) is 1. The quantitative estimate of drug-likeness (QED) is 0.565. The number of hydrogen-bond acceptors (Lipinski definition) is 3. The van der Waals surface area contributed by atoms with Gasteiger partial charge in [0.05, 0.1) is 10.2 Å². The summed E-state index contributed by atoms with van der Waals surface area (Å²) in [6.07, 6.45) is -1.90. The van der Waals surface area contributed by atoms with Crippen LogP contribution in [0.15, 0.2) is 21.9 Å². The molecule has 18 heavy (non-hydrogen) atoms. The van der Waals surface area contributed by atoms with E-state index in [0.29, 0.717) is 5.57 Å². The summed E-state index contributed by atoms with van der Waals surface area (Å²) in [5.74, 6) is -0.116. The molecule has 0 N–H and O–H groups in total. The molecule has 0 fully saturated rings. The molecule has 0 aromatic rings. The fraction of sp³-hybridized carbons (Fsp3) is 0.600. The molecule has 0 spiro atoms. The first-order valence-corrected chi connectivity index (χ1v) is 7.67. The fourth-order valence-corrected chi connectivity index (χ4v) is 2.45. The summed E-state index contributed by atoms with van der Waals surface area (Å²) in [6.45, 7) is 1.55. The van der Waals surface area contributed by atoms with Crippen LogP contribution in [0.3, 0.4) is 0 Å². The van der Waals surface area contributed by atoms with Gasteiger partial charge in [-0.25, -0.2) is 8.42 Å². The van der Waals surface area contributed by atoms with Crippen LogP contribution in [0.2, 0.25) is 0 Å². The van der Waals surface area contributed by atoms with E-state index in [1.807, 2.05) is 0 Å². The predicted octanol–water partition coefficient (Wildman–Crippen LogP) is 3.18. The lowest BCUT2D eigenvalue weighted by Gasteiger charge is -2.10. The van der Waals surface area contributed by atoms with Crippen LogP contribution >= 0.6 is 15.9 Å². The summed E-state index contributed by atoms with van der Waals surface area (Å²) in [5.41, 5.74) is 0.499. The molecule has 0 amide bonds. The fourth-order valence-electron chi connectivity index (χ4n) is 1.03. The van der Waals surface area contributed by atoms with Gasteiger partial charge in [-0.15, -0.1) is 0 Å². The highest BCUT2D eigenvalue weighted by atomic mass is 79.9. The molecule has 0 unspecified atom stereocenters. The number of hydrogen-bond donors (Lipinski definition) is 0. The van der Waals surface area contributed by atoms with Gasteiger partial charge in [-0.2, -0.15) is 13.2 Å². The second-order valence-corrected chi connectivity index (χ2v) is 6.86. The van der Waals surface area contributed by atoms with Crippen molar-refractivity contribution in [3.05, 3.63) is 21.9 Å². The highest BCUT2D eigenvalue weighted by Crippen LogP contribution is 2.21. The highest BCUT2D eigenvalue weighted by Gasteiger charge is 2.28. The van der Waals surface area contributed by atoms with Crippen LogP contribution < -0.4 is 0 Å². The molecule has 0 saturated carbocycles. The average molecular weight is 351 g/mol. The van der Waals surface area contributed by atoms with E-state index in [9.17, 15) is 21.6 Å². The number of sulfone groups is 1. The van der Waals surface area contributed by atoms with Crippen molar-refractivity contribution in [3.8, 4) is 0 Å². The maximum atomic E-state index is 11.9. The number of halogens is 4. The van der Waals surface area contributed by atoms with Gasteiger partial charge in [-0.05, 0) is 35.9 Å². The van der Waals surface area contributed by atoms with Gasteiger partial charge in [0.1, 0.15) is 5.76 Å². The van der Waals surface area contributed by atoms with Gasteiger partial charge in [0.15, 0.2) is 16.4 Å². The number of allylic oxidation sites excluding steroid dienone is 3. The molecule has 0 aromatic carbocycles. The minimum atomic E-state index is -4.40. The average Bonchev–Trinajstić information content (AvgIpc) is 2.09. The van der Waals surface area contributed by atoms with E-state index < -0.39 is 22.6 Å². The molecular formula is C10H14BrF3O3S. The van der Waals surface area contributed by atoms with Crippen molar-refractivity contribution >= 4 is 25.8 Å². The molecule has 0 bridgehead atoms. The molecule has 0 saturated heterocycles. The Labute approximate surface area is 113 Å². The van der Waals surface area contributed by atoms with E-state index >= 15 is 0 Å².